The lowest BCUT2D eigenvalue weighted by molar-refractivity contribution is -0.161. The summed E-state index contributed by atoms with van der Waals surface area (Å²) in [5, 5.41) is 4.68. The molecule has 1 fully saturated rings. The van der Waals surface area contributed by atoms with Crippen molar-refractivity contribution in [3.05, 3.63) is 23.5 Å². The number of rotatable bonds is 13. The fraction of sp³-hybridized carbons (Fsp3) is 0.767. The molecule has 2 aromatic rings. The smallest absolute Gasteiger partial charge is 0.309 e. The van der Waals surface area contributed by atoms with Gasteiger partial charge in [0.15, 0.2) is 5.65 Å². The third-order valence-corrected chi connectivity index (χ3v) is 10.8. The van der Waals surface area contributed by atoms with Gasteiger partial charge in [-0.1, -0.05) is 39.3 Å². The molecule has 0 N–H and O–H groups in total. The predicted octanol–water partition coefficient (Wildman–Crippen LogP) is 7.08. The molecule has 1 aliphatic rings. The molecule has 0 saturated heterocycles. The van der Waals surface area contributed by atoms with E-state index in [1.54, 1.807) is 0 Å². The zero-order chi connectivity index (χ0) is 29.7. The zero-order valence-electron chi connectivity index (χ0n) is 26.8. The van der Waals surface area contributed by atoms with E-state index in [1.807, 2.05) is 31.5 Å². The topological polar surface area (TPSA) is 78.2 Å². The minimum Gasteiger partial charge on any atom is -0.460 e. The maximum atomic E-state index is 12.7. The summed E-state index contributed by atoms with van der Waals surface area (Å²) in [6.45, 7) is 24.5. The number of carbonyl (C=O) groups excluding carboxylic acids is 1. The van der Waals surface area contributed by atoms with Crippen molar-refractivity contribution in [3.8, 4) is 0 Å². The standard InChI is InChI=1S/C30H54N4O4Si2/c1-23-20-31-34-27(33(21-36-15-17-39(5,6)7)22-37-16-18-40(8,9)10)19-26(32-28(23)34)24-11-13-25(14-12-24)29(35)38-30(2,3)4/h19-20,24-25H,11-18,21-22H2,1-10H3. The number of hydrogen-bond acceptors (Lipinski definition) is 7. The van der Waals surface area contributed by atoms with Crippen molar-refractivity contribution in [1.82, 2.24) is 14.6 Å². The first-order chi connectivity index (χ1) is 18.5. The summed E-state index contributed by atoms with van der Waals surface area (Å²) in [6, 6.07) is 4.41. The highest BCUT2D eigenvalue weighted by molar-refractivity contribution is 6.76. The Morgan fingerprint density at radius 1 is 0.975 bits per heavy atom. The first-order valence-electron chi connectivity index (χ1n) is 15.0. The number of anilines is 1. The van der Waals surface area contributed by atoms with Gasteiger partial charge in [0.1, 0.15) is 24.9 Å². The monoisotopic (exact) mass is 590 g/mol. The second-order valence-electron chi connectivity index (χ2n) is 14.9. The molecule has 1 saturated carbocycles. The molecule has 40 heavy (non-hydrogen) atoms. The number of carbonyl (C=O) groups is 1. The molecule has 8 nitrogen and oxygen atoms in total. The van der Waals surface area contributed by atoms with Crippen molar-refractivity contribution in [3.63, 3.8) is 0 Å². The average Bonchev–Trinajstić information content (AvgIpc) is 3.21. The number of aromatic nitrogens is 3. The number of aryl methyl sites for hydroxylation is 1. The van der Waals surface area contributed by atoms with Crippen LogP contribution in [-0.2, 0) is 19.0 Å². The average molecular weight is 591 g/mol. The molecule has 0 spiro atoms. The minimum atomic E-state index is -1.19. The Balaban J connectivity index is 1.81. The van der Waals surface area contributed by atoms with Crippen LogP contribution in [-0.4, -0.2) is 69.0 Å². The molecule has 1 aliphatic carbocycles. The lowest BCUT2D eigenvalue weighted by Gasteiger charge is -2.31. The normalized spacial score (nSPS) is 18.8. The Bertz CT molecular complexity index is 1090. The molecule has 0 aromatic carbocycles. The number of fused-ring (bicyclic) bond motifs is 1. The largest absolute Gasteiger partial charge is 0.460 e. The van der Waals surface area contributed by atoms with E-state index in [4.69, 9.17) is 19.2 Å². The van der Waals surface area contributed by atoms with Crippen molar-refractivity contribution < 1.29 is 19.0 Å². The molecule has 2 aromatic heterocycles. The van der Waals surface area contributed by atoms with Crippen LogP contribution in [0.4, 0.5) is 5.82 Å². The number of ether oxygens (including phenoxy) is 3. The van der Waals surface area contributed by atoms with E-state index < -0.39 is 21.7 Å². The van der Waals surface area contributed by atoms with Gasteiger partial charge in [0.25, 0.3) is 0 Å². The lowest BCUT2D eigenvalue weighted by Crippen LogP contribution is -2.33. The molecule has 2 heterocycles. The van der Waals surface area contributed by atoms with Crippen LogP contribution in [0, 0.1) is 12.8 Å². The maximum absolute atomic E-state index is 12.7. The van der Waals surface area contributed by atoms with Gasteiger partial charge >= 0.3 is 5.97 Å². The second-order valence-corrected chi connectivity index (χ2v) is 26.2. The number of nitrogens with zero attached hydrogens (tertiary/aromatic N) is 4. The van der Waals surface area contributed by atoms with E-state index in [-0.39, 0.29) is 11.9 Å². The summed E-state index contributed by atoms with van der Waals surface area (Å²) in [5.41, 5.74) is 2.52. The van der Waals surface area contributed by atoms with Crippen LogP contribution in [0.3, 0.4) is 0 Å². The van der Waals surface area contributed by atoms with E-state index in [9.17, 15) is 4.79 Å². The highest BCUT2D eigenvalue weighted by Crippen LogP contribution is 2.37. The van der Waals surface area contributed by atoms with Gasteiger partial charge < -0.3 is 19.1 Å². The Hall–Kier alpha value is -1.76. The molecule has 10 heteroatoms. The number of esters is 1. The molecule has 3 rings (SSSR count). The third-order valence-electron chi connectivity index (χ3n) is 7.35. The quantitative estimate of drug-likeness (QED) is 0.107. The molecule has 0 unspecified atom stereocenters. The molecule has 0 aliphatic heterocycles. The highest BCUT2D eigenvalue weighted by Gasteiger charge is 2.32. The molecular weight excluding hydrogens is 537 g/mol. The van der Waals surface area contributed by atoms with E-state index in [2.05, 4.69) is 62.3 Å². The Morgan fingerprint density at radius 2 is 1.52 bits per heavy atom. The molecule has 0 atom stereocenters. The summed E-state index contributed by atoms with van der Waals surface area (Å²) < 4.78 is 20.0. The number of hydrogen-bond donors (Lipinski definition) is 0. The van der Waals surface area contributed by atoms with Gasteiger partial charge in [-0.25, -0.2) is 4.98 Å². The van der Waals surface area contributed by atoms with Crippen molar-refractivity contribution in [2.45, 2.75) is 116 Å². The fourth-order valence-corrected chi connectivity index (χ4v) is 6.31. The predicted molar refractivity (Wildman–Crippen MR) is 169 cm³/mol. The summed E-state index contributed by atoms with van der Waals surface area (Å²) >= 11 is 0. The second kappa shape index (κ2) is 13.5. The summed E-state index contributed by atoms with van der Waals surface area (Å²) in [4.78, 5) is 19.9. The van der Waals surface area contributed by atoms with Crippen molar-refractivity contribution in [1.29, 1.82) is 0 Å². The molecule has 0 bridgehead atoms. The molecule has 0 radical (unpaired) electrons. The van der Waals surface area contributed by atoms with Gasteiger partial charge in [-0.15, -0.1) is 0 Å². The molecular formula is C30H54N4O4Si2. The van der Waals surface area contributed by atoms with Crippen LogP contribution in [0.2, 0.25) is 51.4 Å². The third kappa shape index (κ3) is 10.3. The first-order valence-corrected chi connectivity index (χ1v) is 22.4. The Kier molecular flexibility index (Phi) is 11.0. The van der Waals surface area contributed by atoms with Gasteiger partial charge in [-0.05, 0) is 65.5 Å². The highest BCUT2D eigenvalue weighted by atomic mass is 28.3. The van der Waals surface area contributed by atoms with Crippen LogP contribution in [0.5, 0.6) is 0 Å². The van der Waals surface area contributed by atoms with E-state index in [1.165, 1.54) is 0 Å². The van der Waals surface area contributed by atoms with Gasteiger partial charge in [0.2, 0.25) is 0 Å². The maximum Gasteiger partial charge on any atom is 0.309 e. The lowest BCUT2D eigenvalue weighted by atomic mass is 9.80. The van der Waals surface area contributed by atoms with Crippen LogP contribution < -0.4 is 4.90 Å². The fourth-order valence-electron chi connectivity index (χ4n) is 4.80. The summed E-state index contributed by atoms with van der Waals surface area (Å²) in [7, 11) is -2.38. The van der Waals surface area contributed by atoms with Gasteiger partial charge in [-0.3, -0.25) is 4.79 Å². The SMILES string of the molecule is Cc1cnn2c(N(COCC[Si](C)(C)C)COCC[Si](C)(C)C)cc(C3CCC(C(=O)OC(C)(C)C)CC3)nc12. The van der Waals surface area contributed by atoms with Gasteiger partial charge in [-0.2, -0.15) is 9.61 Å². The first kappa shape index (κ1) is 32.8. The van der Waals surface area contributed by atoms with Gasteiger partial charge in [0.05, 0.1) is 12.1 Å². The van der Waals surface area contributed by atoms with Crippen LogP contribution >= 0.6 is 0 Å². The molecule has 0 amide bonds. The minimum absolute atomic E-state index is 0.0357. The summed E-state index contributed by atoms with van der Waals surface area (Å²) in [6.07, 6.45) is 5.36. The molecule has 226 valence electrons. The van der Waals surface area contributed by atoms with E-state index in [0.717, 1.165) is 73.7 Å². The van der Waals surface area contributed by atoms with Crippen LogP contribution in [0.15, 0.2) is 12.3 Å². The van der Waals surface area contributed by atoms with Crippen molar-refractivity contribution >= 4 is 33.6 Å². The van der Waals surface area contributed by atoms with E-state index in [0.29, 0.717) is 19.4 Å². The zero-order valence-corrected chi connectivity index (χ0v) is 28.8. The van der Waals surface area contributed by atoms with Crippen molar-refractivity contribution in [2.75, 3.05) is 31.6 Å². The summed E-state index contributed by atoms with van der Waals surface area (Å²) in [5.74, 6) is 1.13. The van der Waals surface area contributed by atoms with Gasteiger partial charge in [0, 0.05) is 52.6 Å². The van der Waals surface area contributed by atoms with Crippen molar-refractivity contribution in [2.24, 2.45) is 5.92 Å². The van der Waals surface area contributed by atoms with Crippen LogP contribution in [0.25, 0.3) is 5.65 Å². The Morgan fingerprint density at radius 3 is 2.02 bits per heavy atom. The Labute approximate surface area is 244 Å². The van der Waals surface area contributed by atoms with E-state index >= 15 is 0 Å². The van der Waals surface area contributed by atoms with Crippen LogP contribution in [0.1, 0.15) is 63.6 Å².